The molecule has 1 atom stereocenters. The number of nitrogens with zero attached hydrogens (tertiary/aromatic N) is 7. The molecule has 7 rings (SSSR count). The van der Waals surface area contributed by atoms with Crippen LogP contribution in [0.1, 0.15) is 53.5 Å². The molecule has 0 saturated carbocycles. The maximum absolute atomic E-state index is 6.72. The van der Waals surface area contributed by atoms with Crippen molar-refractivity contribution in [1.29, 1.82) is 0 Å². The number of hydrogen-bond donors (Lipinski definition) is 1. The van der Waals surface area contributed by atoms with Crippen LogP contribution in [0.25, 0.3) is 0 Å². The maximum Gasteiger partial charge on any atom is 0.156 e. The van der Waals surface area contributed by atoms with Crippen LogP contribution in [0.3, 0.4) is 0 Å². The Kier molecular flexibility index (Phi) is 4.45. The number of anilines is 2. The summed E-state index contributed by atoms with van der Waals surface area (Å²) in [6.07, 6.45) is 12.9. The molecule has 172 valence electrons. The molecule has 3 aromatic rings. The second-order valence-electron chi connectivity index (χ2n) is 9.97. The number of nitrogens with two attached hydrogens (primary N) is 1. The van der Waals surface area contributed by atoms with Crippen LogP contribution in [-0.4, -0.2) is 45.4 Å². The summed E-state index contributed by atoms with van der Waals surface area (Å²) in [5.74, 6) is 1.89. The van der Waals surface area contributed by atoms with E-state index < -0.39 is 0 Å². The lowest BCUT2D eigenvalue weighted by Crippen LogP contribution is -2.44. The molecular formula is C26H28N8. The van der Waals surface area contributed by atoms with Gasteiger partial charge in [-0.1, -0.05) is 0 Å². The summed E-state index contributed by atoms with van der Waals surface area (Å²) in [7, 11) is 0. The van der Waals surface area contributed by atoms with Crippen molar-refractivity contribution in [2.75, 3.05) is 29.4 Å². The average molecular weight is 453 g/mol. The highest BCUT2D eigenvalue weighted by Gasteiger charge is 2.46. The van der Waals surface area contributed by atoms with E-state index in [2.05, 4.69) is 31.9 Å². The zero-order chi connectivity index (χ0) is 22.7. The molecular weight excluding hydrogens is 424 g/mol. The number of aromatic nitrogens is 4. The minimum atomic E-state index is 0.0716. The fraction of sp³-hybridized carbons (Fsp3) is 0.423. The van der Waals surface area contributed by atoms with E-state index in [0.717, 1.165) is 86.2 Å². The van der Waals surface area contributed by atoms with Gasteiger partial charge in [-0.2, -0.15) is 0 Å². The van der Waals surface area contributed by atoms with Gasteiger partial charge in [0.1, 0.15) is 11.5 Å². The minimum Gasteiger partial charge on any atom is -0.355 e. The molecule has 8 heteroatoms. The predicted octanol–water partition coefficient (Wildman–Crippen LogP) is 2.82. The summed E-state index contributed by atoms with van der Waals surface area (Å²) >= 11 is 0. The molecule has 8 nitrogen and oxygen atoms in total. The van der Waals surface area contributed by atoms with Gasteiger partial charge in [0.25, 0.3) is 0 Å². The predicted molar refractivity (Wildman–Crippen MR) is 131 cm³/mol. The summed E-state index contributed by atoms with van der Waals surface area (Å²) in [5, 5.41) is 0. The number of hydrogen-bond acceptors (Lipinski definition) is 8. The number of aryl methyl sites for hydroxylation is 1. The second kappa shape index (κ2) is 7.56. The SMILES string of the molecule is N[C@@H]1c2cnccc2CC12CCN(c1cnc3c(n1)CN=C3N1CCCc3ncccc31)CC2. The highest BCUT2D eigenvalue weighted by atomic mass is 15.3. The smallest absolute Gasteiger partial charge is 0.156 e. The van der Waals surface area contributed by atoms with E-state index in [1.54, 1.807) is 0 Å². The normalized spacial score (nSPS) is 22.4. The van der Waals surface area contributed by atoms with E-state index in [-0.39, 0.29) is 11.5 Å². The third-order valence-electron chi connectivity index (χ3n) is 8.20. The van der Waals surface area contributed by atoms with Crippen molar-refractivity contribution < 1.29 is 0 Å². The third-order valence-corrected chi connectivity index (χ3v) is 8.20. The van der Waals surface area contributed by atoms with E-state index >= 15 is 0 Å². The molecule has 3 aromatic heterocycles. The molecule has 0 unspecified atom stereocenters. The molecule has 3 aliphatic heterocycles. The lowest BCUT2D eigenvalue weighted by Gasteiger charge is -2.42. The van der Waals surface area contributed by atoms with Crippen LogP contribution < -0.4 is 15.5 Å². The highest BCUT2D eigenvalue weighted by molar-refractivity contribution is 6.11. The van der Waals surface area contributed by atoms with Crippen LogP contribution in [0.2, 0.25) is 0 Å². The fourth-order valence-electron chi connectivity index (χ4n) is 6.28. The number of aliphatic imine (C=N–C) groups is 1. The zero-order valence-corrected chi connectivity index (χ0v) is 19.2. The Hall–Kier alpha value is -3.39. The van der Waals surface area contributed by atoms with Crippen molar-refractivity contribution in [3.63, 3.8) is 0 Å². The quantitative estimate of drug-likeness (QED) is 0.606. The molecule has 34 heavy (non-hydrogen) atoms. The molecule has 6 heterocycles. The van der Waals surface area contributed by atoms with Gasteiger partial charge in [0.05, 0.1) is 29.8 Å². The first-order valence-electron chi connectivity index (χ1n) is 12.3. The van der Waals surface area contributed by atoms with Crippen LogP contribution in [0.4, 0.5) is 11.5 Å². The maximum atomic E-state index is 6.72. The Morgan fingerprint density at radius 1 is 1.00 bits per heavy atom. The van der Waals surface area contributed by atoms with Crippen molar-refractivity contribution >= 4 is 17.3 Å². The van der Waals surface area contributed by atoms with E-state index in [0.29, 0.717) is 6.54 Å². The largest absolute Gasteiger partial charge is 0.355 e. The average Bonchev–Trinajstić information content (AvgIpc) is 3.43. The van der Waals surface area contributed by atoms with Gasteiger partial charge in [-0.25, -0.2) is 9.97 Å². The van der Waals surface area contributed by atoms with E-state index in [4.69, 9.17) is 20.7 Å². The van der Waals surface area contributed by atoms with Crippen LogP contribution in [0, 0.1) is 5.41 Å². The Balaban J connectivity index is 1.09. The number of piperidine rings is 1. The summed E-state index contributed by atoms with van der Waals surface area (Å²) in [5.41, 5.74) is 13.6. The molecule has 2 N–H and O–H groups in total. The molecule has 4 aliphatic rings. The summed E-state index contributed by atoms with van der Waals surface area (Å²) in [6, 6.07) is 6.34. The number of rotatable bonds is 1. The van der Waals surface area contributed by atoms with Crippen LogP contribution >= 0.6 is 0 Å². The van der Waals surface area contributed by atoms with Gasteiger partial charge in [0.2, 0.25) is 0 Å². The van der Waals surface area contributed by atoms with Crippen molar-refractivity contribution in [3.8, 4) is 0 Å². The molecule has 1 spiro atoms. The number of fused-ring (bicyclic) bond motifs is 3. The number of amidine groups is 1. The van der Waals surface area contributed by atoms with E-state index in [1.165, 1.54) is 11.1 Å². The Labute approximate surface area is 199 Å². The second-order valence-corrected chi connectivity index (χ2v) is 9.97. The summed E-state index contributed by atoms with van der Waals surface area (Å²) in [6.45, 7) is 3.41. The topological polar surface area (TPSA) is 96.4 Å². The molecule has 0 aromatic carbocycles. The Morgan fingerprint density at radius 2 is 1.91 bits per heavy atom. The molecule has 0 bridgehead atoms. The molecule has 1 aliphatic carbocycles. The first kappa shape index (κ1) is 20.0. The van der Waals surface area contributed by atoms with Gasteiger partial charge in [-0.3, -0.25) is 15.0 Å². The standard InChI is InChI=1S/C26H28N8/c27-24-18-14-28-9-5-17(18)13-26(24)6-11-33(12-7-26)22-16-30-23-20(32-22)15-31-25(23)34-10-2-3-19-21(34)4-1-8-29-19/h1,4-5,8-9,14,16,24H,2-3,6-7,10-13,15,27H2/t24-/m1/s1. The monoisotopic (exact) mass is 452 g/mol. The van der Waals surface area contributed by atoms with Gasteiger partial charge in [0, 0.05) is 44.3 Å². The van der Waals surface area contributed by atoms with Gasteiger partial charge < -0.3 is 15.5 Å². The van der Waals surface area contributed by atoms with Gasteiger partial charge >= 0.3 is 0 Å². The van der Waals surface area contributed by atoms with Crippen molar-refractivity contribution in [2.24, 2.45) is 16.1 Å². The molecule has 1 fully saturated rings. The Bertz CT molecular complexity index is 1290. The first-order chi connectivity index (χ1) is 16.7. The van der Waals surface area contributed by atoms with Crippen LogP contribution in [-0.2, 0) is 19.4 Å². The summed E-state index contributed by atoms with van der Waals surface area (Å²) in [4.78, 5) is 28.2. The van der Waals surface area contributed by atoms with Gasteiger partial charge in [-0.15, -0.1) is 0 Å². The Morgan fingerprint density at radius 3 is 2.79 bits per heavy atom. The van der Waals surface area contributed by atoms with Crippen molar-refractivity contribution in [2.45, 2.75) is 44.7 Å². The fourth-order valence-corrected chi connectivity index (χ4v) is 6.28. The van der Waals surface area contributed by atoms with Gasteiger partial charge in [-0.05, 0) is 66.8 Å². The third kappa shape index (κ3) is 2.98. The number of pyridine rings is 2. The van der Waals surface area contributed by atoms with Crippen LogP contribution in [0.5, 0.6) is 0 Å². The minimum absolute atomic E-state index is 0.0716. The molecule has 0 amide bonds. The lowest BCUT2D eigenvalue weighted by molar-refractivity contribution is 0.187. The zero-order valence-electron chi connectivity index (χ0n) is 19.2. The van der Waals surface area contributed by atoms with E-state index in [9.17, 15) is 0 Å². The van der Waals surface area contributed by atoms with Gasteiger partial charge in [0.15, 0.2) is 5.84 Å². The van der Waals surface area contributed by atoms with E-state index in [1.807, 2.05) is 30.9 Å². The lowest BCUT2D eigenvalue weighted by atomic mass is 9.73. The first-order valence-corrected chi connectivity index (χ1v) is 12.3. The molecule has 0 radical (unpaired) electrons. The molecule has 1 saturated heterocycles. The van der Waals surface area contributed by atoms with Crippen LogP contribution in [0.15, 0.2) is 48.0 Å². The van der Waals surface area contributed by atoms with Crippen molar-refractivity contribution in [3.05, 3.63) is 71.2 Å². The van der Waals surface area contributed by atoms with Crippen molar-refractivity contribution in [1.82, 2.24) is 19.9 Å². The highest BCUT2D eigenvalue weighted by Crippen LogP contribution is 2.50. The summed E-state index contributed by atoms with van der Waals surface area (Å²) < 4.78 is 0.